The van der Waals surface area contributed by atoms with Crippen LogP contribution in [0.25, 0.3) is 10.8 Å². The van der Waals surface area contributed by atoms with Gasteiger partial charge in [-0.3, -0.25) is 14.4 Å². The summed E-state index contributed by atoms with van der Waals surface area (Å²) >= 11 is 0. The Kier molecular flexibility index (Phi) is 9.60. The smallest absolute Gasteiger partial charge is 0.276 e. The van der Waals surface area contributed by atoms with Crippen molar-refractivity contribution < 1.29 is 27.4 Å². The zero-order chi connectivity index (χ0) is 30.5. The number of hydrogen-bond acceptors (Lipinski definition) is 9. The largest absolute Gasteiger partial charge is 0.492 e. The first-order chi connectivity index (χ1) is 19.9. The molecule has 1 fully saturated rings. The minimum Gasteiger partial charge on any atom is -0.492 e. The molecule has 0 aliphatic carbocycles. The van der Waals surface area contributed by atoms with Gasteiger partial charge in [0.1, 0.15) is 12.4 Å². The Morgan fingerprint density at radius 2 is 1.74 bits per heavy atom. The number of fused-ring (bicyclic) bond motifs is 1. The first-order valence-corrected chi connectivity index (χ1v) is 15.5. The number of carbonyl (C=O) groups is 1. The van der Waals surface area contributed by atoms with Gasteiger partial charge < -0.3 is 25.4 Å². The molecule has 0 spiro atoms. The fourth-order valence-electron chi connectivity index (χ4n) is 4.80. The van der Waals surface area contributed by atoms with Crippen molar-refractivity contribution in [3.05, 3.63) is 59.7 Å². The molecule has 1 aliphatic rings. The van der Waals surface area contributed by atoms with Gasteiger partial charge in [0.2, 0.25) is 10.0 Å². The van der Waals surface area contributed by atoms with Crippen molar-refractivity contribution in [3.8, 4) is 11.5 Å². The normalized spacial score (nSPS) is 14.9. The minimum absolute atomic E-state index is 0.00750. The maximum Gasteiger partial charge on any atom is 0.276 e. The Labute approximate surface area is 247 Å². The molecule has 12 heteroatoms. The fourth-order valence-corrected chi connectivity index (χ4v) is 5.35. The third-order valence-corrected chi connectivity index (χ3v) is 7.55. The van der Waals surface area contributed by atoms with Gasteiger partial charge in [-0.2, -0.15) is 5.10 Å². The van der Waals surface area contributed by atoms with Crippen molar-refractivity contribution in [2.45, 2.75) is 26.2 Å². The van der Waals surface area contributed by atoms with E-state index < -0.39 is 15.9 Å². The molecule has 1 saturated heterocycles. The summed E-state index contributed by atoms with van der Waals surface area (Å²) in [6.07, 6.45) is 1.05. The number of nitrogens with one attached hydrogen (secondary N) is 2. The molecule has 0 unspecified atom stereocenters. The Morgan fingerprint density at radius 1 is 1.07 bits per heavy atom. The van der Waals surface area contributed by atoms with E-state index in [1.165, 1.54) is 7.11 Å². The maximum absolute atomic E-state index is 13.7. The number of rotatable bonds is 10. The number of morpholine rings is 1. The van der Waals surface area contributed by atoms with E-state index in [9.17, 15) is 13.2 Å². The number of hydrazone groups is 1. The lowest BCUT2D eigenvalue weighted by molar-refractivity contribution is -0.110. The molecular weight excluding hydrogens is 558 g/mol. The van der Waals surface area contributed by atoms with Crippen molar-refractivity contribution in [2.24, 2.45) is 10.9 Å². The number of benzene rings is 3. The van der Waals surface area contributed by atoms with Crippen molar-refractivity contribution in [1.82, 2.24) is 4.90 Å². The first kappa shape index (κ1) is 31.1. The van der Waals surface area contributed by atoms with E-state index in [0.29, 0.717) is 17.9 Å². The highest BCUT2D eigenvalue weighted by atomic mass is 32.2. The molecule has 3 aromatic rings. The highest BCUT2D eigenvalue weighted by molar-refractivity contribution is 7.92. The molecule has 1 amide bonds. The van der Waals surface area contributed by atoms with Crippen LogP contribution in [0.4, 0.5) is 11.4 Å². The van der Waals surface area contributed by atoms with E-state index in [1.807, 2.05) is 51.1 Å². The summed E-state index contributed by atoms with van der Waals surface area (Å²) in [5.41, 5.74) is 1.41. The van der Waals surface area contributed by atoms with E-state index in [2.05, 4.69) is 20.0 Å². The van der Waals surface area contributed by atoms with E-state index in [4.69, 9.17) is 20.1 Å². The van der Waals surface area contributed by atoms with Crippen molar-refractivity contribution in [2.75, 3.05) is 62.9 Å². The van der Waals surface area contributed by atoms with Crippen molar-refractivity contribution >= 4 is 43.8 Å². The SMILES string of the molecule is COc1c(NC(=O)C(=NN)c2ccc(OCCN3CCOCC3)c3ccccc23)cc(C(C)(C)C)cc1NS(C)(=O)=O. The zero-order valence-electron chi connectivity index (χ0n) is 24.7. The second-order valence-electron chi connectivity index (χ2n) is 11.1. The Bertz CT molecular complexity index is 1580. The van der Waals surface area contributed by atoms with Crippen LogP contribution < -0.4 is 25.4 Å². The van der Waals surface area contributed by atoms with Gasteiger partial charge in [0, 0.05) is 30.6 Å². The molecule has 42 heavy (non-hydrogen) atoms. The summed E-state index contributed by atoms with van der Waals surface area (Å²) in [7, 11) is -2.23. The van der Waals surface area contributed by atoms with E-state index in [1.54, 1.807) is 18.2 Å². The van der Waals surface area contributed by atoms with Gasteiger partial charge in [0.15, 0.2) is 11.5 Å². The first-order valence-electron chi connectivity index (χ1n) is 13.7. The second kappa shape index (κ2) is 13.0. The Morgan fingerprint density at radius 3 is 2.36 bits per heavy atom. The van der Waals surface area contributed by atoms with Crippen LogP contribution in [0.1, 0.15) is 31.9 Å². The van der Waals surface area contributed by atoms with Crippen LogP contribution in [-0.2, 0) is 25.0 Å². The zero-order valence-corrected chi connectivity index (χ0v) is 25.5. The number of sulfonamides is 1. The summed E-state index contributed by atoms with van der Waals surface area (Å²) in [4.78, 5) is 16.0. The summed E-state index contributed by atoms with van der Waals surface area (Å²) in [6.45, 7) is 10.4. The van der Waals surface area contributed by atoms with E-state index >= 15 is 0 Å². The number of carbonyl (C=O) groups excluding carboxylic acids is 1. The number of amides is 1. The molecule has 0 radical (unpaired) electrons. The van der Waals surface area contributed by atoms with Crippen LogP contribution in [0.5, 0.6) is 11.5 Å². The summed E-state index contributed by atoms with van der Waals surface area (Å²) in [5.74, 6) is 6.06. The molecule has 226 valence electrons. The van der Waals surface area contributed by atoms with Crippen molar-refractivity contribution in [3.63, 3.8) is 0 Å². The summed E-state index contributed by atoms with van der Waals surface area (Å²) in [5, 5.41) is 8.27. The molecule has 1 aliphatic heterocycles. The van der Waals surface area contributed by atoms with Gasteiger partial charge in [-0.15, -0.1) is 0 Å². The second-order valence-corrected chi connectivity index (χ2v) is 12.9. The molecule has 0 saturated carbocycles. The minimum atomic E-state index is -3.63. The van der Waals surface area contributed by atoms with Gasteiger partial charge in [-0.05, 0) is 40.6 Å². The third-order valence-electron chi connectivity index (χ3n) is 6.95. The molecule has 3 aromatic carbocycles. The lowest BCUT2D eigenvalue weighted by atomic mass is 9.86. The average molecular weight is 598 g/mol. The van der Waals surface area contributed by atoms with Crippen LogP contribution in [0.3, 0.4) is 0 Å². The predicted molar refractivity (Wildman–Crippen MR) is 166 cm³/mol. The van der Waals surface area contributed by atoms with Gasteiger partial charge >= 0.3 is 0 Å². The van der Waals surface area contributed by atoms with Crippen LogP contribution >= 0.6 is 0 Å². The van der Waals surface area contributed by atoms with Gasteiger partial charge in [0.25, 0.3) is 5.91 Å². The van der Waals surface area contributed by atoms with Crippen molar-refractivity contribution in [1.29, 1.82) is 0 Å². The molecule has 11 nitrogen and oxygen atoms in total. The number of nitrogens with two attached hydrogens (primary N) is 1. The van der Waals surface area contributed by atoms with Crippen LogP contribution in [-0.4, -0.2) is 77.8 Å². The standard InChI is InChI=1S/C30H39N5O6S/c1-30(2,3)20-18-24(28(39-4)25(19-20)34-42(5,37)38)32-29(36)27(33-31)23-10-11-26(22-9-7-6-8-21(22)23)41-17-14-35-12-15-40-16-13-35/h6-11,18-19,34H,12-17,31H2,1-5H3,(H,32,36). The fraction of sp³-hybridized carbons (Fsp3) is 0.400. The molecule has 1 heterocycles. The predicted octanol–water partition coefficient (Wildman–Crippen LogP) is 3.53. The van der Waals surface area contributed by atoms with Crippen LogP contribution in [0, 0.1) is 0 Å². The van der Waals surface area contributed by atoms with Crippen LogP contribution in [0.15, 0.2) is 53.6 Å². The van der Waals surface area contributed by atoms with Gasteiger partial charge in [0.05, 0.1) is 38.0 Å². The monoisotopic (exact) mass is 597 g/mol. The molecule has 0 atom stereocenters. The number of nitrogens with zero attached hydrogens (tertiary/aromatic N) is 2. The topological polar surface area (TPSA) is 145 Å². The number of hydrogen-bond donors (Lipinski definition) is 3. The van der Waals surface area contributed by atoms with E-state index in [0.717, 1.165) is 55.4 Å². The summed E-state index contributed by atoms with van der Waals surface area (Å²) in [6, 6.07) is 14.6. The maximum atomic E-state index is 13.7. The highest BCUT2D eigenvalue weighted by Gasteiger charge is 2.25. The quantitative estimate of drug-likeness (QED) is 0.183. The van der Waals surface area contributed by atoms with Gasteiger partial charge in [-0.25, -0.2) is 8.42 Å². The average Bonchev–Trinajstić information content (AvgIpc) is 2.93. The number of anilines is 2. The lowest BCUT2D eigenvalue weighted by Gasteiger charge is -2.26. The molecular formula is C30H39N5O6S. The molecule has 0 aromatic heterocycles. The summed E-state index contributed by atoms with van der Waals surface area (Å²) < 4.78 is 43.8. The third kappa shape index (κ3) is 7.50. The Balaban J connectivity index is 1.65. The molecule has 4 rings (SSSR count). The highest BCUT2D eigenvalue weighted by Crippen LogP contribution is 2.39. The van der Waals surface area contributed by atoms with Crippen LogP contribution in [0.2, 0.25) is 0 Å². The Hall–Kier alpha value is -3.87. The van der Waals surface area contributed by atoms with Gasteiger partial charge in [-0.1, -0.05) is 45.0 Å². The van der Waals surface area contributed by atoms with E-state index in [-0.39, 0.29) is 28.3 Å². The molecule has 0 bridgehead atoms. The lowest BCUT2D eigenvalue weighted by Crippen LogP contribution is -2.38. The number of methoxy groups -OCH3 is 1. The molecule has 4 N–H and O–H groups in total. The number of ether oxygens (including phenoxy) is 3.